The van der Waals surface area contributed by atoms with Crippen molar-refractivity contribution < 1.29 is 102 Å². The normalized spacial score (nSPS) is 15.8. The summed E-state index contributed by atoms with van der Waals surface area (Å²) in [6, 6.07) is 0. The maximum atomic E-state index is 13.4. The predicted molar refractivity (Wildman–Crippen MR) is 62.5 cm³/mol. The minimum absolute atomic E-state index is 4.04. The molecule has 0 atom stereocenters. The minimum atomic E-state index is -9.23. The molecule has 0 aromatic carbocycles. The van der Waals surface area contributed by atoms with Gasteiger partial charge in [0.05, 0.1) is 0 Å². The number of carboxylic acid groups (broad SMARTS) is 1. The first-order valence-corrected chi connectivity index (χ1v) is 7.15. The number of alkyl halides is 19. The lowest BCUT2D eigenvalue weighted by atomic mass is 9.86. The molecule has 0 saturated heterocycles. The third kappa shape index (κ3) is 4.00. The second-order valence-corrected chi connectivity index (χ2v) is 6.03. The number of carboxylic acids is 1. The predicted octanol–water partition coefficient (Wildman–Crippen LogP) is 6.87. The van der Waals surface area contributed by atoms with Crippen LogP contribution in [0.2, 0.25) is 0 Å². The van der Waals surface area contributed by atoms with Crippen molar-refractivity contribution in [1.82, 2.24) is 0 Å². The molecular weight excluding hydrogens is 575 g/mol. The third-order valence-electron chi connectivity index (χ3n) is 3.83. The molecule has 0 bridgehead atoms. The van der Waals surface area contributed by atoms with Crippen molar-refractivity contribution >= 4 is 5.97 Å². The molecule has 0 aliphatic rings. The first-order valence-electron chi connectivity index (χ1n) is 7.15. The Balaban J connectivity index is 7.20. The maximum Gasteiger partial charge on any atom is 0.460 e. The van der Waals surface area contributed by atoms with Gasteiger partial charge in [0.25, 0.3) is 6.08 Å². The molecule has 0 aliphatic heterocycles. The molecule has 0 amide bonds. The molecule has 1 N–H and O–H groups in total. The van der Waals surface area contributed by atoms with Crippen LogP contribution in [0.5, 0.6) is 0 Å². The van der Waals surface area contributed by atoms with Crippen LogP contribution in [0.4, 0.5) is 92.2 Å². The lowest BCUT2D eigenvalue weighted by Crippen LogP contribution is -2.76. The van der Waals surface area contributed by atoms with Gasteiger partial charge in [-0.1, -0.05) is 0 Å². The second-order valence-electron chi connectivity index (χ2n) is 6.03. The molecule has 0 aliphatic carbocycles. The van der Waals surface area contributed by atoms with Gasteiger partial charge in [-0.3, -0.25) is 0 Å². The highest BCUT2D eigenvalue weighted by Gasteiger charge is 2.97. The Morgan fingerprint density at radius 2 is 0.657 bits per heavy atom. The average Bonchev–Trinajstić information content (AvgIpc) is 2.58. The summed E-state index contributed by atoms with van der Waals surface area (Å²) in [6.07, 6.45) is -12.6. The topological polar surface area (TPSA) is 37.3 Å². The molecule has 0 aromatic rings. The van der Waals surface area contributed by atoms with Crippen molar-refractivity contribution in [2.24, 2.45) is 0 Å². The fourth-order valence-corrected chi connectivity index (χ4v) is 1.85. The summed E-state index contributed by atoms with van der Waals surface area (Å²) in [7, 11) is 0. The van der Waals surface area contributed by atoms with Crippen LogP contribution in [0.25, 0.3) is 0 Å². The molecule has 0 heterocycles. The number of hydrogen-bond acceptors (Lipinski definition) is 1. The zero-order chi connectivity index (χ0) is 29.2. The SMILES string of the molecule is O=C(O)C(=C(F)F)C(F)(F)C(F)(F)C(F)(F)C(F)(F)C(F)(F)C(F)(F)C(F)(F)C(F)(F)C(F)(F)F. The fraction of sp³-hybridized carbons (Fsp3) is 0.750. The van der Waals surface area contributed by atoms with E-state index in [1.54, 1.807) is 0 Å². The number of carbonyl (C=O) groups is 1. The average molecular weight is 576 g/mol. The van der Waals surface area contributed by atoms with Crippen LogP contribution in [-0.2, 0) is 4.79 Å². The molecule has 0 radical (unpaired) electrons. The van der Waals surface area contributed by atoms with E-state index >= 15 is 0 Å². The Bertz CT molecular complexity index is 858. The summed E-state index contributed by atoms with van der Waals surface area (Å²) >= 11 is 0. The van der Waals surface area contributed by atoms with Gasteiger partial charge >= 0.3 is 59.5 Å². The monoisotopic (exact) mass is 576 g/mol. The van der Waals surface area contributed by atoms with E-state index in [4.69, 9.17) is 5.11 Å². The zero-order valence-corrected chi connectivity index (χ0v) is 14.8. The maximum absolute atomic E-state index is 13.4. The van der Waals surface area contributed by atoms with Crippen LogP contribution in [-0.4, -0.2) is 64.6 Å². The molecule has 2 nitrogen and oxygen atoms in total. The first-order chi connectivity index (χ1) is 14.8. The van der Waals surface area contributed by atoms with E-state index in [2.05, 4.69) is 0 Å². The van der Waals surface area contributed by atoms with Gasteiger partial charge in [-0.05, 0) is 0 Å². The van der Waals surface area contributed by atoms with Gasteiger partial charge in [0.1, 0.15) is 0 Å². The quantitative estimate of drug-likeness (QED) is 0.241. The first kappa shape index (κ1) is 32.7. The molecule has 23 heteroatoms. The molecular formula is C12HF21O2. The summed E-state index contributed by atoms with van der Waals surface area (Å²) < 4.78 is 271. The van der Waals surface area contributed by atoms with Gasteiger partial charge in [-0.25, -0.2) is 4.79 Å². The Labute approximate surface area is 174 Å². The van der Waals surface area contributed by atoms with Crippen LogP contribution < -0.4 is 0 Å². The van der Waals surface area contributed by atoms with E-state index in [0.29, 0.717) is 0 Å². The Morgan fingerprint density at radius 3 is 0.857 bits per heavy atom. The van der Waals surface area contributed by atoms with Gasteiger partial charge in [0.2, 0.25) is 0 Å². The van der Waals surface area contributed by atoms with Gasteiger partial charge in [-0.15, -0.1) is 0 Å². The van der Waals surface area contributed by atoms with Crippen molar-refractivity contribution in [2.45, 2.75) is 53.6 Å². The second kappa shape index (κ2) is 8.13. The van der Waals surface area contributed by atoms with E-state index in [0.717, 1.165) is 0 Å². The van der Waals surface area contributed by atoms with E-state index in [9.17, 15) is 97.0 Å². The van der Waals surface area contributed by atoms with Crippen molar-refractivity contribution in [2.75, 3.05) is 0 Å². The molecule has 0 saturated carbocycles. The lowest BCUT2D eigenvalue weighted by molar-refractivity contribution is -0.467. The highest BCUT2D eigenvalue weighted by atomic mass is 19.4. The smallest absolute Gasteiger partial charge is 0.460 e. The van der Waals surface area contributed by atoms with Crippen LogP contribution in [0.1, 0.15) is 0 Å². The molecule has 208 valence electrons. The van der Waals surface area contributed by atoms with Crippen LogP contribution in [0.15, 0.2) is 11.7 Å². The van der Waals surface area contributed by atoms with E-state index < -0.39 is 71.2 Å². The lowest BCUT2D eigenvalue weighted by Gasteiger charge is -2.43. The van der Waals surface area contributed by atoms with Crippen LogP contribution in [0.3, 0.4) is 0 Å². The summed E-state index contributed by atoms with van der Waals surface area (Å²) in [6.45, 7) is 0. The summed E-state index contributed by atoms with van der Waals surface area (Å²) in [4.78, 5) is 10.2. The fourth-order valence-electron chi connectivity index (χ4n) is 1.85. The van der Waals surface area contributed by atoms with Crippen LogP contribution in [0, 0.1) is 0 Å². The molecule has 0 unspecified atom stereocenters. The largest absolute Gasteiger partial charge is 0.478 e. The summed E-state index contributed by atoms with van der Waals surface area (Å²) in [5, 5.41) is 7.93. The highest BCUT2D eigenvalue weighted by Crippen LogP contribution is 2.65. The summed E-state index contributed by atoms with van der Waals surface area (Å²) in [5.41, 5.74) is -4.54. The van der Waals surface area contributed by atoms with Gasteiger partial charge in [-0.2, -0.15) is 92.2 Å². The number of hydrogen-bond donors (Lipinski definition) is 1. The number of rotatable bonds is 9. The third-order valence-corrected chi connectivity index (χ3v) is 3.83. The molecule has 35 heavy (non-hydrogen) atoms. The molecule has 0 fully saturated rings. The summed E-state index contributed by atoms with van der Waals surface area (Å²) in [5.74, 6) is -74.7. The molecule has 0 spiro atoms. The highest BCUT2D eigenvalue weighted by molar-refractivity contribution is 5.89. The Hall–Kier alpha value is -2.26. The van der Waals surface area contributed by atoms with Gasteiger partial charge in [0.15, 0.2) is 5.57 Å². The standard InChI is InChI=1S/C12HF21O2/c13-2(14)1(3(34)35)4(15,16)5(17,18)6(19,20)7(21,22)8(23,24)9(25,26)10(27,28)11(29,30)12(31,32)33/h(H,34,35). The van der Waals surface area contributed by atoms with Crippen molar-refractivity contribution in [3.8, 4) is 0 Å². The Kier molecular flexibility index (Phi) is 7.60. The van der Waals surface area contributed by atoms with Crippen molar-refractivity contribution in [1.29, 1.82) is 0 Å². The van der Waals surface area contributed by atoms with Crippen molar-refractivity contribution in [3.63, 3.8) is 0 Å². The van der Waals surface area contributed by atoms with E-state index in [-0.39, 0.29) is 0 Å². The van der Waals surface area contributed by atoms with Gasteiger partial charge < -0.3 is 5.11 Å². The molecule has 0 rings (SSSR count). The van der Waals surface area contributed by atoms with Crippen molar-refractivity contribution in [3.05, 3.63) is 11.7 Å². The molecule has 0 aromatic heterocycles. The van der Waals surface area contributed by atoms with Crippen LogP contribution >= 0.6 is 0 Å². The minimum Gasteiger partial charge on any atom is -0.478 e. The Morgan fingerprint density at radius 1 is 0.429 bits per heavy atom. The van der Waals surface area contributed by atoms with E-state index in [1.165, 1.54) is 0 Å². The van der Waals surface area contributed by atoms with Gasteiger partial charge in [0, 0.05) is 0 Å². The zero-order valence-electron chi connectivity index (χ0n) is 14.8. The van der Waals surface area contributed by atoms with E-state index in [1.807, 2.05) is 0 Å². The number of aliphatic carboxylic acids is 1. The number of halogens is 21.